The molecule has 0 unspecified atom stereocenters. The number of aryl methyl sites for hydroxylation is 1. The maximum Gasteiger partial charge on any atom is 0.271 e. The van der Waals surface area contributed by atoms with Crippen molar-refractivity contribution in [2.24, 2.45) is 0 Å². The lowest BCUT2D eigenvalue weighted by Crippen LogP contribution is -2.11. The van der Waals surface area contributed by atoms with E-state index in [4.69, 9.17) is 11.6 Å². The van der Waals surface area contributed by atoms with Crippen molar-refractivity contribution in [2.45, 2.75) is 11.1 Å². The molecule has 2 aromatic rings. The Hall–Kier alpha value is -0.760. The number of nitrogens with one attached hydrogen (secondary N) is 1. The second kappa shape index (κ2) is 5.32. The summed E-state index contributed by atoms with van der Waals surface area (Å²) < 4.78 is 27.7. The van der Waals surface area contributed by atoms with Crippen LogP contribution in [0.2, 0.25) is 5.02 Å². The zero-order chi connectivity index (χ0) is 14.2. The van der Waals surface area contributed by atoms with Crippen LogP contribution in [0.15, 0.2) is 32.3 Å². The summed E-state index contributed by atoms with van der Waals surface area (Å²) in [5.74, 6) is -0.0253. The van der Waals surface area contributed by atoms with Gasteiger partial charge >= 0.3 is 0 Å². The number of phenols is 1. The van der Waals surface area contributed by atoms with Crippen LogP contribution in [0.25, 0.3) is 0 Å². The highest BCUT2D eigenvalue weighted by Gasteiger charge is 2.19. The number of benzene rings is 1. The van der Waals surface area contributed by atoms with Crippen LogP contribution in [0.5, 0.6) is 5.75 Å². The number of thiophene rings is 1. The van der Waals surface area contributed by atoms with Crippen molar-refractivity contribution in [1.29, 1.82) is 0 Å². The van der Waals surface area contributed by atoms with E-state index in [0.717, 1.165) is 20.7 Å². The molecular formula is C11H9BrClNO3S2. The molecule has 0 atom stereocenters. The molecule has 19 heavy (non-hydrogen) atoms. The van der Waals surface area contributed by atoms with E-state index in [2.05, 4.69) is 20.7 Å². The lowest BCUT2D eigenvalue weighted by Gasteiger charge is -2.08. The highest BCUT2D eigenvalue weighted by Crippen LogP contribution is 2.33. The molecule has 1 aromatic carbocycles. The third-order valence-corrected chi connectivity index (χ3v) is 6.58. The average molecular weight is 383 g/mol. The first-order valence-corrected chi connectivity index (χ1v) is 8.54. The highest BCUT2D eigenvalue weighted by molar-refractivity contribution is 9.11. The molecule has 0 radical (unpaired) electrons. The second-order valence-electron chi connectivity index (χ2n) is 3.79. The maximum absolute atomic E-state index is 12.2. The molecule has 0 fully saturated rings. The summed E-state index contributed by atoms with van der Waals surface area (Å²) in [6, 6.07) is 5.62. The van der Waals surface area contributed by atoms with Crippen LogP contribution in [0, 0.1) is 6.92 Å². The molecule has 0 spiro atoms. The first-order valence-electron chi connectivity index (χ1n) is 5.07. The van der Waals surface area contributed by atoms with Gasteiger partial charge in [-0.1, -0.05) is 11.6 Å². The van der Waals surface area contributed by atoms with E-state index in [-0.39, 0.29) is 20.7 Å². The first-order chi connectivity index (χ1) is 8.79. The van der Waals surface area contributed by atoms with Gasteiger partial charge in [0.1, 0.15) is 9.96 Å². The molecule has 4 nitrogen and oxygen atoms in total. The van der Waals surface area contributed by atoms with Crippen molar-refractivity contribution >= 4 is 54.6 Å². The van der Waals surface area contributed by atoms with E-state index in [1.165, 1.54) is 18.2 Å². The molecule has 0 aliphatic rings. The zero-order valence-electron chi connectivity index (χ0n) is 9.65. The minimum Gasteiger partial charge on any atom is -0.508 e. The summed E-state index contributed by atoms with van der Waals surface area (Å²) in [7, 11) is -3.68. The molecule has 8 heteroatoms. The topological polar surface area (TPSA) is 66.4 Å². The Balaban J connectivity index is 2.36. The van der Waals surface area contributed by atoms with Gasteiger partial charge in [0, 0.05) is 6.07 Å². The van der Waals surface area contributed by atoms with Crippen molar-refractivity contribution in [3.8, 4) is 5.75 Å². The Morgan fingerprint density at radius 2 is 2.05 bits per heavy atom. The van der Waals surface area contributed by atoms with Crippen LogP contribution >= 0.6 is 38.9 Å². The smallest absolute Gasteiger partial charge is 0.271 e. The fourth-order valence-corrected chi connectivity index (χ4v) is 4.93. The number of phenolic OH excluding ortho intramolecular Hbond substituents is 1. The minimum atomic E-state index is -3.68. The Bertz CT molecular complexity index is 708. The van der Waals surface area contributed by atoms with Crippen LogP contribution in [-0.2, 0) is 10.0 Å². The minimum absolute atomic E-state index is 0.0253. The number of sulfonamides is 1. The summed E-state index contributed by atoms with van der Waals surface area (Å²) in [5.41, 5.74) is 1.07. The quantitative estimate of drug-likeness (QED) is 0.789. The van der Waals surface area contributed by atoms with E-state index in [1.54, 1.807) is 6.07 Å². The Kier molecular flexibility index (Phi) is 4.10. The van der Waals surface area contributed by atoms with Crippen molar-refractivity contribution in [3.63, 3.8) is 0 Å². The summed E-state index contributed by atoms with van der Waals surface area (Å²) in [6.45, 7) is 1.81. The number of halogens is 2. The largest absolute Gasteiger partial charge is 0.508 e. The average Bonchev–Trinajstić information content (AvgIpc) is 2.64. The highest BCUT2D eigenvalue weighted by atomic mass is 79.9. The van der Waals surface area contributed by atoms with Crippen LogP contribution in [0.1, 0.15) is 5.56 Å². The molecule has 1 heterocycles. The van der Waals surface area contributed by atoms with Crippen LogP contribution in [0.3, 0.4) is 0 Å². The van der Waals surface area contributed by atoms with E-state index in [1.807, 2.05) is 6.92 Å². The molecule has 2 rings (SSSR count). The van der Waals surface area contributed by atoms with Crippen molar-refractivity contribution in [2.75, 3.05) is 4.72 Å². The fourth-order valence-electron chi connectivity index (χ4n) is 1.35. The van der Waals surface area contributed by atoms with Gasteiger partial charge in [0.25, 0.3) is 10.0 Å². The second-order valence-corrected chi connectivity index (χ2v) is 8.48. The number of hydrogen-bond donors (Lipinski definition) is 2. The zero-order valence-corrected chi connectivity index (χ0v) is 13.6. The van der Waals surface area contributed by atoms with E-state index in [9.17, 15) is 13.5 Å². The summed E-state index contributed by atoms with van der Waals surface area (Å²) >= 11 is 10.3. The van der Waals surface area contributed by atoms with Crippen LogP contribution in [-0.4, -0.2) is 13.5 Å². The first kappa shape index (κ1) is 14.6. The van der Waals surface area contributed by atoms with E-state index >= 15 is 0 Å². The van der Waals surface area contributed by atoms with Gasteiger partial charge in [0.05, 0.1) is 14.5 Å². The SMILES string of the molecule is Cc1cc(S(=O)(=O)Nc2ccc(O)cc2Cl)sc1Br. The van der Waals surface area contributed by atoms with Gasteiger partial charge < -0.3 is 5.11 Å². The number of anilines is 1. The van der Waals surface area contributed by atoms with Crippen LogP contribution in [0.4, 0.5) is 5.69 Å². The molecular weight excluding hydrogens is 374 g/mol. The predicted octanol–water partition coefficient (Wildman–Crippen LogP) is 3.98. The molecule has 0 aliphatic heterocycles. The van der Waals surface area contributed by atoms with Gasteiger partial charge in [-0.15, -0.1) is 11.3 Å². The maximum atomic E-state index is 12.2. The molecule has 0 bridgehead atoms. The summed E-state index contributed by atoms with van der Waals surface area (Å²) in [6.07, 6.45) is 0. The van der Waals surface area contributed by atoms with E-state index in [0.29, 0.717) is 0 Å². The molecule has 0 amide bonds. The molecule has 0 saturated carbocycles. The predicted molar refractivity (Wildman–Crippen MR) is 80.7 cm³/mol. The van der Waals surface area contributed by atoms with Gasteiger partial charge in [-0.25, -0.2) is 8.42 Å². The van der Waals surface area contributed by atoms with Gasteiger partial charge in [-0.2, -0.15) is 0 Å². The summed E-state index contributed by atoms with van der Waals surface area (Å²) in [4.78, 5) is 0. The van der Waals surface area contributed by atoms with Crippen LogP contribution < -0.4 is 4.72 Å². The number of aromatic hydroxyl groups is 1. The molecule has 2 N–H and O–H groups in total. The van der Waals surface area contributed by atoms with Gasteiger partial charge in [-0.3, -0.25) is 4.72 Å². The van der Waals surface area contributed by atoms with Crippen molar-refractivity contribution < 1.29 is 13.5 Å². The van der Waals surface area contributed by atoms with Crippen molar-refractivity contribution in [1.82, 2.24) is 0 Å². The molecule has 1 aromatic heterocycles. The van der Waals surface area contributed by atoms with Gasteiger partial charge in [-0.05, 0) is 46.6 Å². The third kappa shape index (κ3) is 3.22. The number of rotatable bonds is 3. The number of hydrogen-bond acceptors (Lipinski definition) is 4. The lowest BCUT2D eigenvalue weighted by molar-refractivity contribution is 0.475. The Morgan fingerprint density at radius 1 is 1.37 bits per heavy atom. The monoisotopic (exact) mass is 381 g/mol. The lowest BCUT2D eigenvalue weighted by atomic mass is 10.3. The fraction of sp³-hybridized carbons (Fsp3) is 0.0909. The van der Waals surface area contributed by atoms with Gasteiger partial charge in [0.2, 0.25) is 0 Å². The Morgan fingerprint density at radius 3 is 2.58 bits per heavy atom. The third-order valence-electron chi connectivity index (χ3n) is 2.30. The van der Waals surface area contributed by atoms with Crippen molar-refractivity contribution in [3.05, 3.63) is 38.6 Å². The molecule has 0 aliphatic carbocycles. The molecule has 102 valence electrons. The van der Waals surface area contributed by atoms with Gasteiger partial charge in [0.15, 0.2) is 0 Å². The molecule has 0 saturated heterocycles. The normalized spacial score (nSPS) is 11.5. The summed E-state index contributed by atoms with van der Waals surface area (Å²) in [5, 5.41) is 9.36. The Labute approximate surface area is 128 Å². The standard InChI is InChI=1S/C11H9BrClNO3S2/c1-6-4-10(18-11(6)12)19(16,17)14-9-3-2-7(15)5-8(9)13/h2-5,14-15H,1H3. The van der Waals surface area contributed by atoms with E-state index < -0.39 is 10.0 Å².